The van der Waals surface area contributed by atoms with Gasteiger partial charge in [0.2, 0.25) is 5.75 Å². The number of nitrogens with zero attached hydrogens (tertiary/aromatic N) is 1. The quantitative estimate of drug-likeness (QED) is 0.634. The van der Waals surface area contributed by atoms with Crippen LogP contribution in [0, 0.1) is 0 Å². The van der Waals surface area contributed by atoms with Gasteiger partial charge in [-0.05, 0) is 0 Å². The smallest absolute Gasteiger partial charge is 0.492 e. The first-order valence-corrected chi connectivity index (χ1v) is 4.45. The number of pyridine rings is 1. The molecule has 0 atom stereocenters. The summed E-state index contributed by atoms with van der Waals surface area (Å²) in [6.07, 6.45) is -10.3. The fraction of sp³-hybridized carbons (Fsp3) is 0.333. The summed E-state index contributed by atoms with van der Waals surface area (Å²) in [6, 6.07) is 0. The van der Waals surface area contributed by atoms with Gasteiger partial charge in [-0.3, -0.25) is 4.79 Å². The van der Waals surface area contributed by atoms with Crippen molar-refractivity contribution < 1.29 is 40.6 Å². The minimum atomic E-state index is -5.29. The molecule has 0 aliphatic heterocycles. The van der Waals surface area contributed by atoms with Gasteiger partial charge in [0, 0.05) is 6.20 Å². The van der Waals surface area contributed by atoms with Crippen LogP contribution in [0.15, 0.2) is 6.20 Å². The lowest BCUT2D eigenvalue weighted by molar-refractivity contribution is -0.275. The highest BCUT2D eigenvalue weighted by atomic mass is 19.4. The van der Waals surface area contributed by atoms with Gasteiger partial charge in [-0.15, -0.1) is 13.2 Å². The number of hydrogen-bond acceptors (Lipinski definition) is 4. The highest BCUT2D eigenvalue weighted by molar-refractivity contribution is 5.78. The van der Waals surface area contributed by atoms with Crippen molar-refractivity contribution in [1.29, 1.82) is 0 Å². The maximum atomic E-state index is 12.5. The Hall–Kier alpha value is -2.00. The number of carbonyl (C=O) groups is 1. The van der Waals surface area contributed by atoms with Crippen LogP contribution >= 0.6 is 0 Å². The van der Waals surface area contributed by atoms with Gasteiger partial charge >= 0.3 is 12.5 Å². The first kappa shape index (κ1) is 15.1. The van der Waals surface area contributed by atoms with E-state index >= 15 is 0 Å². The molecule has 0 N–H and O–H groups in total. The van der Waals surface area contributed by atoms with Gasteiger partial charge < -0.3 is 9.47 Å². The zero-order chi connectivity index (χ0) is 14.8. The van der Waals surface area contributed by atoms with Gasteiger partial charge in [0.25, 0.3) is 0 Å². The van der Waals surface area contributed by atoms with Crippen molar-refractivity contribution in [2.75, 3.05) is 7.11 Å². The van der Waals surface area contributed by atoms with E-state index in [1.165, 1.54) is 0 Å². The maximum Gasteiger partial charge on any atom is 0.573 e. The first-order chi connectivity index (χ1) is 8.60. The zero-order valence-corrected chi connectivity index (χ0v) is 9.09. The van der Waals surface area contributed by atoms with Crippen LogP contribution in [0.1, 0.15) is 16.1 Å². The summed E-state index contributed by atoms with van der Waals surface area (Å²) in [5.41, 5.74) is -2.54. The summed E-state index contributed by atoms with van der Waals surface area (Å²) in [4.78, 5) is 13.5. The van der Waals surface area contributed by atoms with Crippen molar-refractivity contribution in [3.63, 3.8) is 0 Å². The number of aldehydes is 1. The predicted octanol–water partition coefficient (Wildman–Crippen LogP) is 2.82. The van der Waals surface area contributed by atoms with Crippen LogP contribution < -0.4 is 9.47 Å². The van der Waals surface area contributed by atoms with E-state index in [-0.39, 0.29) is 12.5 Å². The van der Waals surface area contributed by atoms with Gasteiger partial charge in [-0.2, -0.15) is 13.2 Å². The molecular weight excluding hydrogens is 284 g/mol. The summed E-state index contributed by atoms with van der Waals surface area (Å²) < 4.78 is 81.5. The van der Waals surface area contributed by atoms with Crippen molar-refractivity contribution >= 4 is 6.29 Å². The molecule has 1 rings (SSSR count). The van der Waals surface area contributed by atoms with Crippen LogP contribution in [0.2, 0.25) is 0 Å². The Balaban J connectivity index is 3.51. The Morgan fingerprint density at radius 3 is 2.11 bits per heavy atom. The molecule has 1 heterocycles. The maximum absolute atomic E-state index is 12.5. The number of aromatic nitrogens is 1. The number of methoxy groups -OCH3 is 1. The molecular formula is C9H5F6NO3. The largest absolute Gasteiger partial charge is 0.573 e. The first-order valence-electron chi connectivity index (χ1n) is 4.45. The molecule has 0 aliphatic rings. The van der Waals surface area contributed by atoms with Crippen molar-refractivity contribution in [3.8, 4) is 11.5 Å². The van der Waals surface area contributed by atoms with E-state index in [1.54, 1.807) is 0 Å². The summed E-state index contributed by atoms with van der Waals surface area (Å²) in [7, 11) is 0.711. The third-order valence-corrected chi connectivity index (χ3v) is 1.86. The molecule has 0 aromatic carbocycles. The molecule has 0 radical (unpaired) electrons. The molecule has 4 nitrogen and oxygen atoms in total. The molecule has 0 aliphatic carbocycles. The standard InChI is InChI=1S/C9H5F6NO3/c1-18-6-4(8(10,11)12)2-16-5(3-17)7(6)19-9(13,14)15/h2-3H,1H3. The second-order valence-corrected chi connectivity index (χ2v) is 3.08. The Morgan fingerprint density at radius 2 is 1.74 bits per heavy atom. The molecule has 106 valence electrons. The molecule has 0 saturated heterocycles. The second kappa shape index (κ2) is 4.94. The molecule has 1 aromatic rings. The Morgan fingerprint density at radius 1 is 1.16 bits per heavy atom. The van der Waals surface area contributed by atoms with E-state index in [0.29, 0.717) is 7.11 Å². The topological polar surface area (TPSA) is 48.4 Å². The second-order valence-electron chi connectivity index (χ2n) is 3.08. The normalized spacial score (nSPS) is 12.2. The lowest BCUT2D eigenvalue weighted by Gasteiger charge is -2.17. The minimum absolute atomic E-state index is 0.177. The third kappa shape index (κ3) is 3.48. The summed E-state index contributed by atoms with van der Waals surface area (Å²) in [5.74, 6) is -2.69. The monoisotopic (exact) mass is 289 g/mol. The van der Waals surface area contributed by atoms with Crippen LogP contribution in [-0.2, 0) is 6.18 Å². The molecule has 0 amide bonds. The highest BCUT2D eigenvalue weighted by Crippen LogP contribution is 2.43. The van der Waals surface area contributed by atoms with E-state index < -0.39 is 35.3 Å². The molecule has 0 bridgehead atoms. The lowest BCUT2D eigenvalue weighted by Crippen LogP contribution is -2.20. The van der Waals surface area contributed by atoms with Gasteiger partial charge in [-0.1, -0.05) is 0 Å². The average Bonchev–Trinajstić information content (AvgIpc) is 2.25. The van der Waals surface area contributed by atoms with Crippen LogP contribution in [0.3, 0.4) is 0 Å². The molecule has 1 aromatic heterocycles. The van der Waals surface area contributed by atoms with Crippen LogP contribution in [0.4, 0.5) is 26.3 Å². The number of ether oxygens (including phenoxy) is 2. The SMILES string of the molecule is COc1c(C(F)(F)F)cnc(C=O)c1OC(F)(F)F. The van der Waals surface area contributed by atoms with E-state index in [0.717, 1.165) is 0 Å². The van der Waals surface area contributed by atoms with Gasteiger partial charge in [0.1, 0.15) is 11.3 Å². The minimum Gasteiger partial charge on any atom is -0.492 e. The number of rotatable bonds is 3. The molecule has 0 unspecified atom stereocenters. The lowest BCUT2D eigenvalue weighted by atomic mass is 10.2. The van der Waals surface area contributed by atoms with Gasteiger partial charge in [-0.25, -0.2) is 4.98 Å². The number of halogens is 6. The van der Waals surface area contributed by atoms with E-state index in [4.69, 9.17) is 0 Å². The zero-order valence-electron chi connectivity index (χ0n) is 9.09. The molecule has 0 spiro atoms. The number of alkyl halides is 6. The molecule has 19 heavy (non-hydrogen) atoms. The summed E-state index contributed by atoms with van der Waals surface area (Å²) in [5, 5.41) is 0. The molecule has 0 saturated carbocycles. The Bertz CT molecular complexity index is 482. The van der Waals surface area contributed by atoms with E-state index in [9.17, 15) is 31.1 Å². The van der Waals surface area contributed by atoms with Crippen LogP contribution in [-0.4, -0.2) is 24.7 Å². The van der Waals surface area contributed by atoms with Crippen molar-refractivity contribution in [2.24, 2.45) is 0 Å². The number of hydrogen-bond donors (Lipinski definition) is 0. The number of carbonyl (C=O) groups excluding carboxylic acids is 1. The van der Waals surface area contributed by atoms with Crippen LogP contribution in [0.5, 0.6) is 11.5 Å². The molecule has 10 heteroatoms. The average molecular weight is 289 g/mol. The van der Waals surface area contributed by atoms with Crippen molar-refractivity contribution in [3.05, 3.63) is 17.5 Å². The van der Waals surface area contributed by atoms with Crippen molar-refractivity contribution in [2.45, 2.75) is 12.5 Å². The van der Waals surface area contributed by atoms with E-state index in [1.807, 2.05) is 0 Å². The van der Waals surface area contributed by atoms with Crippen LogP contribution in [0.25, 0.3) is 0 Å². The van der Waals surface area contributed by atoms with Gasteiger partial charge in [0.15, 0.2) is 12.0 Å². The van der Waals surface area contributed by atoms with Gasteiger partial charge in [0.05, 0.1) is 7.11 Å². The Labute approximate surface area is 101 Å². The predicted molar refractivity (Wildman–Crippen MR) is 47.9 cm³/mol. The third-order valence-electron chi connectivity index (χ3n) is 1.86. The highest BCUT2D eigenvalue weighted by Gasteiger charge is 2.40. The fourth-order valence-electron chi connectivity index (χ4n) is 1.19. The fourth-order valence-corrected chi connectivity index (χ4v) is 1.19. The molecule has 0 fully saturated rings. The summed E-state index contributed by atoms with van der Waals surface area (Å²) in [6.45, 7) is 0. The van der Waals surface area contributed by atoms with E-state index in [2.05, 4.69) is 14.5 Å². The van der Waals surface area contributed by atoms with Crippen molar-refractivity contribution in [1.82, 2.24) is 4.98 Å². The Kier molecular flexibility index (Phi) is 3.91. The summed E-state index contributed by atoms with van der Waals surface area (Å²) >= 11 is 0.